The summed E-state index contributed by atoms with van der Waals surface area (Å²) in [6.45, 7) is 3.14. The molecule has 5 unspecified atom stereocenters. The SMILES string of the molecule is CNC(=O)CC1(CC(=O)N2CCOCC2)C[N+](S(=O)(=O)c2cc3cc(Cl)ccc3[nH]2)(S(=O)(=O)c2cc3cc(Cl)ccc3[nH]2)CC[N+]1(C(=O)c1nc2c(s1)CNC(C)C2)N1CCNCC1C(=O)c1nc2c(s1)CNC(C)C2. The third-order valence-electron chi connectivity index (χ3n) is 15.7. The van der Waals surface area contributed by atoms with Crippen molar-refractivity contribution in [1.29, 1.82) is 0 Å². The monoisotopic (exact) mass is 1160 g/mol. The number of morpholine rings is 1. The van der Waals surface area contributed by atoms with Crippen LogP contribution in [0.4, 0.5) is 0 Å². The van der Waals surface area contributed by atoms with Crippen molar-refractivity contribution in [3.8, 4) is 0 Å². The first-order valence-electron chi connectivity index (χ1n) is 25.2. The van der Waals surface area contributed by atoms with Gasteiger partial charge in [0.25, 0.3) is 0 Å². The van der Waals surface area contributed by atoms with E-state index in [1.165, 1.54) is 35.4 Å². The number of thiazole rings is 2. The maximum absolute atomic E-state index is 16.9. The number of benzene rings is 2. The molecule has 5 aliphatic rings. The molecule has 21 nitrogen and oxygen atoms in total. The molecule has 11 rings (SSSR count). The number of nitrogens with zero attached hydrogens (tertiary/aromatic N) is 6. The van der Waals surface area contributed by atoms with Crippen molar-refractivity contribution in [2.24, 2.45) is 0 Å². The third-order valence-corrected chi connectivity index (χ3v) is 23.5. The summed E-state index contributed by atoms with van der Waals surface area (Å²) in [5.74, 6) is -2.45. The Hall–Kier alpha value is -4.74. The smallest absolute Gasteiger partial charge is 0.378 e. The second kappa shape index (κ2) is 20.2. The van der Waals surface area contributed by atoms with E-state index in [1.807, 2.05) is 13.8 Å². The van der Waals surface area contributed by atoms with Gasteiger partial charge < -0.3 is 40.9 Å². The minimum absolute atomic E-state index is 0.00113. The van der Waals surface area contributed by atoms with Crippen LogP contribution >= 0.6 is 45.9 Å². The van der Waals surface area contributed by atoms with Gasteiger partial charge in [0, 0.05) is 113 Å². The minimum Gasteiger partial charge on any atom is -0.378 e. The predicted octanol–water partition coefficient (Wildman–Crippen LogP) is 3.70. The average molecular weight is 1160 g/mol. The number of carbonyl (C=O) groups excluding carboxylic acids is 4. The first-order chi connectivity index (χ1) is 36.3. The lowest BCUT2D eigenvalue weighted by Crippen LogP contribution is -2.87. The Balaban J connectivity index is 1.20. The number of sulfonamides is 2. The van der Waals surface area contributed by atoms with Gasteiger partial charge in [-0.3, -0.25) is 14.4 Å². The molecule has 4 aromatic heterocycles. The van der Waals surface area contributed by atoms with Crippen LogP contribution in [0.2, 0.25) is 10.0 Å². The molecule has 0 bridgehead atoms. The number of aromatic amines is 2. The second-order valence-corrected chi connectivity index (χ2v) is 27.9. The quantitative estimate of drug-likeness (QED) is 0.0755. The molecule has 5 aliphatic heterocycles. The standard InChI is InChI=1S/C49H57Cl2N12O9S4/c1-28-16-36-39(25-54-28)73-46(58-36)45(66)38-24-53-8-9-61(38)63(48(67)47-59-37-17-29(2)55-26-40(37)74-47)13-12-62(75(68,69)42-20-30-18-32(50)4-6-34(30)56-42,76(70,71)43-21-31-19-33(51)5-7-35(31)57-43)27-49(63,22-41(64)52-3)23-44(65)60-10-14-72-15-11-60/h4-7,18-21,28-29,38,53-57H,8-17,22-27H2,1-3H3/q+1/p+1. The van der Waals surface area contributed by atoms with Gasteiger partial charge in [-0.15, -0.1) is 27.7 Å². The Morgan fingerprint density at radius 1 is 0.789 bits per heavy atom. The molecule has 9 heterocycles. The minimum atomic E-state index is -5.31. The van der Waals surface area contributed by atoms with Gasteiger partial charge in [-0.05, 0) is 62.4 Å². The Kier molecular flexibility index (Phi) is 14.1. The Morgan fingerprint density at radius 2 is 1.36 bits per heavy atom. The fourth-order valence-corrected chi connectivity index (χ4v) is 19.0. The molecule has 3 amide bonds. The summed E-state index contributed by atoms with van der Waals surface area (Å²) >= 11 is 15.2. The number of hydrogen-bond acceptors (Lipinski definition) is 17. The molecule has 6 N–H and O–H groups in total. The van der Waals surface area contributed by atoms with Gasteiger partial charge in [-0.25, -0.2) is 14.8 Å². The highest BCUT2D eigenvalue weighted by atomic mass is 35.5. The van der Waals surface area contributed by atoms with Gasteiger partial charge >= 0.3 is 26.0 Å². The number of amides is 3. The number of aromatic nitrogens is 4. The summed E-state index contributed by atoms with van der Waals surface area (Å²) in [4.78, 5) is 81.8. The van der Waals surface area contributed by atoms with Crippen LogP contribution in [0.5, 0.6) is 0 Å². The lowest BCUT2D eigenvalue weighted by Gasteiger charge is -2.60. The van der Waals surface area contributed by atoms with Gasteiger partial charge in [0.1, 0.15) is 6.04 Å². The number of ether oxygens (including phenoxy) is 1. The third kappa shape index (κ3) is 8.91. The fraction of sp³-hybridized carbons (Fsp3) is 0.469. The van der Waals surface area contributed by atoms with Gasteiger partial charge in [-0.2, -0.15) is 21.4 Å². The summed E-state index contributed by atoms with van der Waals surface area (Å²) in [6.07, 6.45) is -0.423. The fourth-order valence-electron chi connectivity index (χ4n) is 11.8. The van der Waals surface area contributed by atoms with E-state index in [2.05, 4.69) is 31.2 Å². The maximum atomic E-state index is 16.9. The molecule has 27 heteroatoms. The Morgan fingerprint density at radius 3 is 1.93 bits per heavy atom. The highest BCUT2D eigenvalue weighted by molar-refractivity contribution is 7.98. The van der Waals surface area contributed by atoms with Crippen LogP contribution in [-0.4, -0.2) is 174 Å². The van der Waals surface area contributed by atoms with Gasteiger partial charge in [-0.1, -0.05) is 26.5 Å². The number of quaternary nitrogens is 2. The van der Waals surface area contributed by atoms with Crippen molar-refractivity contribution >= 4 is 111 Å². The second-order valence-electron chi connectivity index (χ2n) is 20.4. The molecule has 3 fully saturated rings. The van der Waals surface area contributed by atoms with E-state index in [4.69, 9.17) is 37.9 Å². The molecule has 5 atom stereocenters. The zero-order valence-electron chi connectivity index (χ0n) is 41.9. The molecule has 6 aromatic rings. The lowest BCUT2D eigenvalue weighted by atomic mass is 9.83. The summed E-state index contributed by atoms with van der Waals surface area (Å²) in [5, 5.41) is 15.1. The molecule has 2 aromatic carbocycles. The lowest BCUT2D eigenvalue weighted by molar-refractivity contribution is -1.04. The Labute approximate surface area is 456 Å². The molecule has 0 radical (unpaired) electrons. The molecule has 0 spiro atoms. The van der Waals surface area contributed by atoms with Gasteiger partial charge in [0.2, 0.25) is 22.6 Å². The number of fused-ring (bicyclic) bond motifs is 4. The van der Waals surface area contributed by atoms with Gasteiger partial charge in [0.15, 0.2) is 40.2 Å². The maximum Gasteiger partial charge on any atom is 0.394 e. The first-order valence-corrected chi connectivity index (χ1v) is 30.4. The molecular formula is C49H58Cl2N12O9S4+2. The van der Waals surface area contributed by atoms with Crippen molar-refractivity contribution in [3.05, 3.63) is 89.7 Å². The summed E-state index contributed by atoms with van der Waals surface area (Å²) in [7, 11) is -9.24. The highest BCUT2D eigenvalue weighted by Crippen LogP contribution is 2.50. The van der Waals surface area contributed by atoms with Crippen LogP contribution in [-0.2, 0) is 60.3 Å². The number of ketones is 1. The summed E-state index contributed by atoms with van der Waals surface area (Å²) in [5.41, 5.74) is -0.200. The van der Waals surface area contributed by atoms with Crippen molar-refractivity contribution in [3.63, 3.8) is 0 Å². The van der Waals surface area contributed by atoms with E-state index in [0.29, 0.717) is 63.5 Å². The van der Waals surface area contributed by atoms with E-state index in [1.54, 1.807) is 41.4 Å². The van der Waals surface area contributed by atoms with Crippen molar-refractivity contribution in [2.45, 2.75) is 86.3 Å². The van der Waals surface area contributed by atoms with Crippen LogP contribution < -0.4 is 21.3 Å². The molecular weight excluding hydrogens is 1100 g/mol. The van der Waals surface area contributed by atoms with Gasteiger partial charge in [0.05, 0.1) is 44.0 Å². The molecule has 0 saturated carbocycles. The number of H-pyrrole nitrogens is 2. The van der Waals surface area contributed by atoms with Crippen LogP contribution in [0.15, 0.2) is 58.6 Å². The molecule has 0 aliphatic carbocycles. The Bertz CT molecular complexity index is 3450. The van der Waals surface area contributed by atoms with Crippen molar-refractivity contribution in [2.75, 3.05) is 72.6 Å². The van der Waals surface area contributed by atoms with E-state index in [-0.39, 0.29) is 68.0 Å². The number of rotatable bonds is 12. The molecule has 3 saturated heterocycles. The highest BCUT2D eigenvalue weighted by Gasteiger charge is 2.76. The zero-order chi connectivity index (χ0) is 53.5. The average Bonchev–Trinajstić information content (AvgIpc) is 4.36. The van der Waals surface area contributed by atoms with Crippen molar-refractivity contribution in [1.82, 2.24) is 51.1 Å². The molecule has 76 heavy (non-hydrogen) atoms. The van der Waals surface area contributed by atoms with Crippen LogP contribution in [0, 0.1) is 0 Å². The molecule has 404 valence electrons. The zero-order valence-corrected chi connectivity index (χ0v) is 46.7. The van der Waals surface area contributed by atoms with E-state index >= 15 is 31.2 Å². The van der Waals surface area contributed by atoms with Crippen LogP contribution in [0.3, 0.4) is 0 Å². The van der Waals surface area contributed by atoms with Crippen LogP contribution in [0.1, 0.15) is 67.4 Å². The summed E-state index contributed by atoms with van der Waals surface area (Å²) < 4.78 is 68.6. The number of hydrogen-bond donors (Lipinski definition) is 6. The van der Waals surface area contributed by atoms with Crippen LogP contribution in [0.25, 0.3) is 21.8 Å². The van der Waals surface area contributed by atoms with E-state index in [0.717, 1.165) is 26.8 Å². The number of piperazine rings is 2. The number of halogens is 2. The summed E-state index contributed by atoms with van der Waals surface area (Å²) in [6, 6.07) is 10.9. The number of nitrogens with one attached hydrogen (secondary N) is 6. The normalized spacial score (nSPS) is 25.3. The van der Waals surface area contributed by atoms with Crippen molar-refractivity contribution < 1.29 is 48.6 Å². The van der Waals surface area contributed by atoms with E-state index < -0.39 is 106 Å². The topological polar surface area (TPSA) is 258 Å². The number of Topliss-reactive ketones (excluding diaryl/α,β-unsaturated/α-hetero) is 1. The predicted molar refractivity (Wildman–Crippen MR) is 286 cm³/mol. The van der Waals surface area contributed by atoms with E-state index in [9.17, 15) is 4.79 Å². The first kappa shape index (κ1) is 53.3. The largest absolute Gasteiger partial charge is 0.394 e. The number of carbonyl (C=O) groups is 4.